The van der Waals surface area contributed by atoms with E-state index in [4.69, 9.17) is 5.11 Å². The number of benzene rings is 2. The highest BCUT2D eigenvalue weighted by atomic mass is 19.4. The Labute approximate surface area is 156 Å². The molecule has 0 radical (unpaired) electrons. The molecule has 3 rings (SSSR count). The summed E-state index contributed by atoms with van der Waals surface area (Å²) in [4.78, 5) is 14.4. The summed E-state index contributed by atoms with van der Waals surface area (Å²) in [6, 6.07) is 11.0. The maximum atomic E-state index is 13.0. The first-order valence-corrected chi connectivity index (χ1v) is 8.93. The first-order valence-electron chi connectivity index (χ1n) is 8.93. The quantitative estimate of drug-likeness (QED) is 0.867. The summed E-state index contributed by atoms with van der Waals surface area (Å²) in [7, 11) is 0. The maximum absolute atomic E-state index is 13.0. The van der Waals surface area contributed by atoms with Gasteiger partial charge in [0.1, 0.15) is 0 Å². The molecular formula is C21H22F3NO2. The molecule has 0 bridgehead atoms. The van der Waals surface area contributed by atoms with Crippen molar-refractivity contribution in [1.82, 2.24) is 4.90 Å². The van der Waals surface area contributed by atoms with E-state index in [1.807, 2.05) is 24.3 Å². The van der Waals surface area contributed by atoms with E-state index in [2.05, 4.69) is 0 Å². The van der Waals surface area contributed by atoms with Gasteiger partial charge in [-0.3, -0.25) is 4.79 Å². The Balaban J connectivity index is 1.68. The van der Waals surface area contributed by atoms with Gasteiger partial charge in [0.25, 0.3) is 5.91 Å². The van der Waals surface area contributed by atoms with Crippen LogP contribution in [0.15, 0.2) is 42.5 Å². The second-order valence-electron chi connectivity index (χ2n) is 7.11. The van der Waals surface area contributed by atoms with E-state index in [0.29, 0.717) is 18.7 Å². The lowest BCUT2D eigenvalue weighted by molar-refractivity contribution is -0.137. The van der Waals surface area contributed by atoms with Gasteiger partial charge in [-0.15, -0.1) is 0 Å². The lowest BCUT2D eigenvalue weighted by atomic mass is 9.98. The summed E-state index contributed by atoms with van der Waals surface area (Å²) in [6.07, 6.45) is -2.83. The Morgan fingerprint density at radius 1 is 1.15 bits per heavy atom. The van der Waals surface area contributed by atoms with Crippen LogP contribution in [-0.2, 0) is 19.2 Å². The molecule has 1 aliphatic rings. The molecular weight excluding hydrogens is 355 g/mol. The van der Waals surface area contributed by atoms with Gasteiger partial charge in [0.15, 0.2) is 0 Å². The largest absolute Gasteiger partial charge is 0.416 e. The topological polar surface area (TPSA) is 40.5 Å². The second-order valence-corrected chi connectivity index (χ2v) is 7.11. The molecule has 1 heterocycles. The van der Waals surface area contributed by atoms with Gasteiger partial charge in [-0.1, -0.05) is 30.3 Å². The Bertz CT molecular complexity index is 815. The predicted octanol–water partition coefficient (Wildman–Crippen LogP) is 4.21. The van der Waals surface area contributed by atoms with Crippen LogP contribution in [0.5, 0.6) is 0 Å². The molecule has 1 N–H and O–H groups in total. The summed E-state index contributed by atoms with van der Waals surface area (Å²) in [5, 5.41) is 9.09. The highest BCUT2D eigenvalue weighted by Crippen LogP contribution is 2.31. The summed E-state index contributed by atoms with van der Waals surface area (Å²) in [5.41, 5.74) is 1.86. The second kappa shape index (κ2) is 7.72. The number of likely N-dealkylation sites (tertiary alicyclic amines) is 1. The van der Waals surface area contributed by atoms with E-state index >= 15 is 0 Å². The van der Waals surface area contributed by atoms with Crippen molar-refractivity contribution >= 4 is 5.91 Å². The van der Waals surface area contributed by atoms with Crippen molar-refractivity contribution in [3.05, 3.63) is 70.3 Å². The van der Waals surface area contributed by atoms with E-state index in [9.17, 15) is 18.0 Å². The number of aliphatic hydroxyl groups excluding tert-OH is 1. The van der Waals surface area contributed by atoms with E-state index in [1.54, 1.807) is 11.8 Å². The summed E-state index contributed by atoms with van der Waals surface area (Å²) < 4.78 is 38.9. The lowest BCUT2D eigenvalue weighted by Crippen LogP contribution is -2.29. The lowest BCUT2D eigenvalue weighted by Gasteiger charge is -2.19. The number of alkyl halides is 3. The van der Waals surface area contributed by atoms with Crippen LogP contribution >= 0.6 is 0 Å². The number of aliphatic hydroxyl groups is 1. The van der Waals surface area contributed by atoms with Gasteiger partial charge in [0.05, 0.1) is 12.2 Å². The van der Waals surface area contributed by atoms with Crippen LogP contribution in [0.25, 0.3) is 0 Å². The Morgan fingerprint density at radius 2 is 1.81 bits per heavy atom. The number of hydrogen-bond donors (Lipinski definition) is 1. The number of rotatable bonds is 4. The third-order valence-corrected chi connectivity index (χ3v) is 5.10. The minimum atomic E-state index is -4.46. The normalized spacial score (nSPS) is 17.4. The minimum Gasteiger partial charge on any atom is -0.392 e. The number of nitrogens with zero attached hydrogens (tertiary/aromatic N) is 1. The van der Waals surface area contributed by atoms with E-state index in [0.717, 1.165) is 36.1 Å². The molecule has 144 valence electrons. The molecule has 6 heteroatoms. The zero-order chi connectivity index (χ0) is 19.6. The zero-order valence-electron chi connectivity index (χ0n) is 15.1. The number of amides is 1. The fraction of sp³-hybridized carbons (Fsp3) is 0.381. The van der Waals surface area contributed by atoms with Gasteiger partial charge in [0.2, 0.25) is 0 Å². The van der Waals surface area contributed by atoms with Gasteiger partial charge < -0.3 is 10.0 Å². The first-order chi connectivity index (χ1) is 12.8. The predicted molar refractivity (Wildman–Crippen MR) is 96.3 cm³/mol. The molecule has 1 atom stereocenters. The van der Waals surface area contributed by atoms with E-state index in [1.165, 1.54) is 6.07 Å². The van der Waals surface area contributed by atoms with Crippen LogP contribution in [-0.4, -0.2) is 29.0 Å². The molecule has 2 aromatic rings. The van der Waals surface area contributed by atoms with Crippen LogP contribution in [0.2, 0.25) is 0 Å². The Morgan fingerprint density at radius 3 is 2.44 bits per heavy atom. The number of aryl methyl sites for hydroxylation is 1. The van der Waals surface area contributed by atoms with Crippen LogP contribution in [0.3, 0.4) is 0 Å². The van der Waals surface area contributed by atoms with Gasteiger partial charge in [-0.2, -0.15) is 13.2 Å². The molecule has 0 aliphatic carbocycles. The standard InChI is InChI=1S/C21H22F3NO2/c1-14-2-7-18(21(22,23)24)11-19(14)20(27)25-9-8-17(12-25)10-15-3-5-16(13-26)6-4-15/h2-7,11,17,26H,8-10,12-13H2,1H3/t17-/m0/s1. The maximum Gasteiger partial charge on any atom is 0.416 e. The summed E-state index contributed by atoms with van der Waals surface area (Å²) in [6.45, 7) is 2.75. The Kier molecular flexibility index (Phi) is 5.56. The fourth-order valence-electron chi connectivity index (χ4n) is 3.50. The number of carbonyl (C=O) groups excluding carboxylic acids is 1. The van der Waals surface area contributed by atoms with Crippen molar-refractivity contribution in [2.45, 2.75) is 32.5 Å². The zero-order valence-corrected chi connectivity index (χ0v) is 15.1. The van der Waals surface area contributed by atoms with Gasteiger partial charge in [0, 0.05) is 18.7 Å². The highest BCUT2D eigenvalue weighted by Gasteiger charge is 2.33. The SMILES string of the molecule is Cc1ccc(C(F)(F)F)cc1C(=O)N1CC[C@@H](Cc2ccc(CO)cc2)C1. The number of hydrogen-bond acceptors (Lipinski definition) is 2. The van der Waals surface area contributed by atoms with Crippen LogP contribution in [0, 0.1) is 12.8 Å². The van der Waals surface area contributed by atoms with Gasteiger partial charge in [-0.05, 0) is 54.5 Å². The molecule has 1 saturated heterocycles. The van der Waals surface area contributed by atoms with Crippen LogP contribution < -0.4 is 0 Å². The molecule has 1 aliphatic heterocycles. The van der Waals surface area contributed by atoms with E-state index in [-0.39, 0.29) is 24.0 Å². The minimum absolute atomic E-state index is 0.00231. The van der Waals surface area contributed by atoms with E-state index < -0.39 is 11.7 Å². The van der Waals surface area contributed by atoms with Crippen molar-refractivity contribution in [2.75, 3.05) is 13.1 Å². The smallest absolute Gasteiger partial charge is 0.392 e. The highest BCUT2D eigenvalue weighted by molar-refractivity contribution is 5.96. The molecule has 27 heavy (non-hydrogen) atoms. The molecule has 0 spiro atoms. The monoisotopic (exact) mass is 377 g/mol. The molecule has 1 fully saturated rings. The molecule has 0 saturated carbocycles. The summed E-state index contributed by atoms with van der Waals surface area (Å²) >= 11 is 0. The molecule has 1 amide bonds. The fourth-order valence-corrected chi connectivity index (χ4v) is 3.50. The average molecular weight is 377 g/mol. The van der Waals surface area contributed by atoms with Gasteiger partial charge in [-0.25, -0.2) is 0 Å². The van der Waals surface area contributed by atoms with Crippen molar-refractivity contribution in [3.8, 4) is 0 Å². The first kappa shape index (κ1) is 19.4. The van der Waals surface area contributed by atoms with Crippen molar-refractivity contribution in [3.63, 3.8) is 0 Å². The summed E-state index contributed by atoms with van der Waals surface area (Å²) in [5.74, 6) is -0.0586. The van der Waals surface area contributed by atoms with Crippen molar-refractivity contribution in [2.24, 2.45) is 5.92 Å². The van der Waals surface area contributed by atoms with Crippen molar-refractivity contribution in [1.29, 1.82) is 0 Å². The number of carbonyl (C=O) groups is 1. The van der Waals surface area contributed by atoms with Crippen LogP contribution in [0.4, 0.5) is 13.2 Å². The van der Waals surface area contributed by atoms with Crippen LogP contribution in [0.1, 0.15) is 39.0 Å². The third kappa shape index (κ3) is 4.50. The molecule has 0 unspecified atom stereocenters. The molecule has 3 nitrogen and oxygen atoms in total. The number of halogens is 3. The molecule has 2 aromatic carbocycles. The third-order valence-electron chi connectivity index (χ3n) is 5.10. The van der Waals surface area contributed by atoms with Gasteiger partial charge >= 0.3 is 6.18 Å². The molecule has 0 aromatic heterocycles. The Hall–Kier alpha value is -2.34. The van der Waals surface area contributed by atoms with Crippen molar-refractivity contribution < 1.29 is 23.1 Å². The average Bonchev–Trinajstić information content (AvgIpc) is 3.09.